The molecule has 0 aliphatic heterocycles. The Labute approximate surface area is 184 Å². The Morgan fingerprint density at radius 3 is 2.46 bits per heavy atom. The highest BCUT2D eigenvalue weighted by molar-refractivity contribution is 14.0. The fourth-order valence-corrected chi connectivity index (χ4v) is 2.57. The zero-order valence-electron chi connectivity index (χ0n) is 17.1. The molecule has 0 radical (unpaired) electrons. The molecule has 0 unspecified atom stereocenters. The van der Waals surface area contributed by atoms with Crippen LogP contribution in [0.25, 0.3) is 0 Å². The molecule has 1 aromatic carbocycles. The van der Waals surface area contributed by atoms with Crippen molar-refractivity contribution >= 4 is 29.9 Å². The van der Waals surface area contributed by atoms with E-state index in [2.05, 4.69) is 15.2 Å². The van der Waals surface area contributed by atoms with Crippen molar-refractivity contribution in [1.82, 2.24) is 15.2 Å². The molecule has 0 atom stereocenters. The van der Waals surface area contributed by atoms with Crippen molar-refractivity contribution in [3.63, 3.8) is 0 Å². The molecule has 1 heterocycles. The number of pyridine rings is 1. The highest BCUT2D eigenvalue weighted by Gasteiger charge is 2.11. The van der Waals surface area contributed by atoms with Crippen molar-refractivity contribution in [2.24, 2.45) is 4.99 Å². The number of guanidine groups is 1. The fourth-order valence-electron chi connectivity index (χ4n) is 2.57. The largest absolute Gasteiger partial charge is 0.497 e. The number of methoxy groups -OCH3 is 3. The first-order chi connectivity index (χ1) is 13.1. The average Bonchev–Trinajstić information content (AvgIpc) is 2.71. The molecule has 2 aromatic rings. The van der Waals surface area contributed by atoms with E-state index < -0.39 is 0 Å². The predicted molar refractivity (Wildman–Crippen MR) is 122 cm³/mol. The second-order valence-corrected chi connectivity index (χ2v) is 5.91. The fraction of sp³-hybridized carbons (Fsp3) is 0.400. The molecule has 7 nitrogen and oxygen atoms in total. The van der Waals surface area contributed by atoms with Gasteiger partial charge in [0.05, 0.1) is 27.9 Å². The van der Waals surface area contributed by atoms with Crippen LogP contribution in [0.4, 0.5) is 0 Å². The summed E-state index contributed by atoms with van der Waals surface area (Å²) in [6.45, 7) is 4.01. The van der Waals surface area contributed by atoms with Gasteiger partial charge in [-0.1, -0.05) is 6.07 Å². The first kappa shape index (κ1) is 23.8. The van der Waals surface area contributed by atoms with Gasteiger partial charge in [0.1, 0.15) is 11.5 Å². The summed E-state index contributed by atoms with van der Waals surface area (Å²) in [6.07, 6.45) is 1.78. The quantitative estimate of drug-likeness (QED) is 0.341. The Bertz CT molecular complexity index is 754. The normalized spacial score (nSPS) is 10.7. The number of benzene rings is 1. The summed E-state index contributed by atoms with van der Waals surface area (Å²) < 4.78 is 15.8. The van der Waals surface area contributed by atoms with Gasteiger partial charge in [-0.15, -0.1) is 24.0 Å². The van der Waals surface area contributed by atoms with E-state index in [0.29, 0.717) is 19.0 Å². The maximum atomic E-state index is 5.49. The summed E-state index contributed by atoms with van der Waals surface area (Å²) >= 11 is 0. The summed E-state index contributed by atoms with van der Waals surface area (Å²) in [4.78, 5) is 11.0. The molecule has 8 heteroatoms. The molecule has 2 rings (SSSR count). The van der Waals surface area contributed by atoms with Crippen LogP contribution in [0.15, 0.2) is 41.5 Å². The van der Waals surface area contributed by atoms with Crippen LogP contribution in [0.2, 0.25) is 0 Å². The molecule has 1 N–H and O–H groups in total. The van der Waals surface area contributed by atoms with Gasteiger partial charge in [0, 0.05) is 44.0 Å². The van der Waals surface area contributed by atoms with E-state index in [0.717, 1.165) is 35.1 Å². The third-order valence-electron chi connectivity index (χ3n) is 4.02. The first-order valence-corrected chi connectivity index (χ1v) is 8.80. The van der Waals surface area contributed by atoms with Crippen LogP contribution in [0.5, 0.6) is 17.4 Å². The Hall–Kier alpha value is -2.23. The topological polar surface area (TPSA) is 68.2 Å². The van der Waals surface area contributed by atoms with E-state index in [4.69, 9.17) is 19.2 Å². The van der Waals surface area contributed by atoms with Crippen LogP contribution in [0.3, 0.4) is 0 Å². The lowest BCUT2D eigenvalue weighted by Gasteiger charge is -2.23. The third-order valence-corrected chi connectivity index (χ3v) is 4.02. The zero-order valence-corrected chi connectivity index (χ0v) is 19.4. The van der Waals surface area contributed by atoms with Crippen LogP contribution in [-0.2, 0) is 13.1 Å². The average molecular weight is 500 g/mol. The number of hydrogen-bond donors (Lipinski definition) is 1. The summed E-state index contributed by atoms with van der Waals surface area (Å²) in [5, 5.41) is 3.32. The predicted octanol–water partition coefficient (Wildman–Crippen LogP) is 3.32. The summed E-state index contributed by atoms with van der Waals surface area (Å²) in [6, 6.07) is 9.62. The SMILES string of the molecule is CCNC(=NCc1ccc(OC)nc1)N(C)Cc1ccc(OC)cc1OC.I. The van der Waals surface area contributed by atoms with Crippen molar-refractivity contribution in [3.8, 4) is 17.4 Å². The molecular weight excluding hydrogens is 471 g/mol. The van der Waals surface area contributed by atoms with Gasteiger partial charge in [0.2, 0.25) is 5.88 Å². The first-order valence-electron chi connectivity index (χ1n) is 8.80. The molecule has 1 aromatic heterocycles. The van der Waals surface area contributed by atoms with E-state index in [1.54, 1.807) is 27.5 Å². The van der Waals surface area contributed by atoms with Crippen LogP contribution >= 0.6 is 24.0 Å². The van der Waals surface area contributed by atoms with E-state index in [-0.39, 0.29) is 24.0 Å². The van der Waals surface area contributed by atoms with Gasteiger partial charge < -0.3 is 24.4 Å². The van der Waals surface area contributed by atoms with Gasteiger partial charge in [-0.3, -0.25) is 0 Å². The van der Waals surface area contributed by atoms with E-state index in [1.807, 2.05) is 44.3 Å². The van der Waals surface area contributed by atoms with Crippen molar-refractivity contribution in [2.45, 2.75) is 20.0 Å². The van der Waals surface area contributed by atoms with Gasteiger partial charge in [-0.25, -0.2) is 9.98 Å². The highest BCUT2D eigenvalue weighted by Crippen LogP contribution is 2.25. The van der Waals surface area contributed by atoms with Crippen LogP contribution in [0, 0.1) is 0 Å². The molecule has 0 saturated heterocycles. The summed E-state index contributed by atoms with van der Waals surface area (Å²) in [5.74, 6) is 2.96. The summed E-state index contributed by atoms with van der Waals surface area (Å²) in [7, 11) is 6.90. The molecule has 0 amide bonds. The number of aromatic nitrogens is 1. The minimum atomic E-state index is 0. The molecule has 0 saturated carbocycles. The second kappa shape index (κ2) is 12.3. The standard InChI is InChI=1S/C20H28N4O3.HI/c1-6-21-20(23-13-15-7-10-19(27-5)22-12-15)24(2)14-16-8-9-17(25-3)11-18(16)26-4;/h7-12H,6,13-14H2,1-5H3,(H,21,23);1H. The van der Waals surface area contributed by atoms with Gasteiger partial charge >= 0.3 is 0 Å². The lowest BCUT2D eigenvalue weighted by Crippen LogP contribution is -2.38. The monoisotopic (exact) mass is 500 g/mol. The number of nitrogens with zero attached hydrogens (tertiary/aromatic N) is 3. The van der Waals surface area contributed by atoms with E-state index >= 15 is 0 Å². The van der Waals surface area contributed by atoms with Gasteiger partial charge in [0.25, 0.3) is 0 Å². The van der Waals surface area contributed by atoms with Crippen LogP contribution in [-0.4, -0.2) is 50.8 Å². The number of nitrogens with one attached hydrogen (secondary N) is 1. The van der Waals surface area contributed by atoms with Crippen molar-refractivity contribution in [3.05, 3.63) is 47.7 Å². The molecular formula is C20H29IN4O3. The summed E-state index contributed by atoms with van der Waals surface area (Å²) in [5.41, 5.74) is 2.07. The lowest BCUT2D eigenvalue weighted by molar-refractivity contribution is 0.382. The maximum absolute atomic E-state index is 5.49. The Morgan fingerprint density at radius 2 is 1.89 bits per heavy atom. The molecule has 28 heavy (non-hydrogen) atoms. The number of rotatable bonds is 8. The van der Waals surface area contributed by atoms with Gasteiger partial charge in [-0.2, -0.15) is 0 Å². The Kier molecular flexibility index (Phi) is 10.4. The van der Waals surface area contributed by atoms with Gasteiger partial charge in [0.15, 0.2) is 5.96 Å². The second-order valence-electron chi connectivity index (χ2n) is 5.91. The molecule has 0 bridgehead atoms. The molecule has 0 aliphatic carbocycles. The molecule has 154 valence electrons. The highest BCUT2D eigenvalue weighted by atomic mass is 127. The number of aliphatic imine (C=N–C) groups is 1. The lowest BCUT2D eigenvalue weighted by atomic mass is 10.2. The molecule has 0 fully saturated rings. The number of ether oxygens (including phenoxy) is 3. The van der Waals surface area contributed by atoms with Crippen molar-refractivity contribution < 1.29 is 14.2 Å². The van der Waals surface area contributed by atoms with Crippen LogP contribution in [0.1, 0.15) is 18.1 Å². The van der Waals surface area contributed by atoms with Crippen molar-refractivity contribution in [1.29, 1.82) is 0 Å². The maximum Gasteiger partial charge on any atom is 0.212 e. The smallest absolute Gasteiger partial charge is 0.212 e. The van der Waals surface area contributed by atoms with Crippen molar-refractivity contribution in [2.75, 3.05) is 34.9 Å². The minimum Gasteiger partial charge on any atom is -0.497 e. The molecule has 0 aliphatic rings. The molecule has 0 spiro atoms. The van der Waals surface area contributed by atoms with Crippen LogP contribution < -0.4 is 19.5 Å². The number of hydrogen-bond acceptors (Lipinski definition) is 5. The Balaban J connectivity index is 0.00000392. The van der Waals surface area contributed by atoms with E-state index in [9.17, 15) is 0 Å². The number of halogens is 1. The van der Waals surface area contributed by atoms with E-state index in [1.165, 1.54) is 0 Å². The third kappa shape index (κ3) is 6.74. The Morgan fingerprint density at radius 1 is 1.11 bits per heavy atom. The van der Waals surface area contributed by atoms with Gasteiger partial charge in [-0.05, 0) is 24.6 Å². The zero-order chi connectivity index (χ0) is 19.6. The minimum absolute atomic E-state index is 0.